The molecule has 100 valence electrons. The van der Waals surface area contributed by atoms with Crippen molar-refractivity contribution in [2.45, 2.75) is 19.5 Å². The minimum absolute atomic E-state index is 0.136. The van der Waals surface area contributed by atoms with Gasteiger partial charge in [0.25, 0.3) is 0 Å². The van der Waals surface area contributed by atoms with Crippen LogP contribution in [-0.4, -0.2) is 9.78 Å². The molecule has 0 fully saturated rings. The van der Waals surface area contributed by atoms with Crippen LogP contribution in [0.5, 0.6) is 0 Å². The van der Waals surface area contributed by atoms with Gasteiger partial charge in [-0.2, -0.15) is 5.10 Å². The van der Waals surface area contributed by atoms with Gasteiger partial charge >= 0.3 is 0 Å². The summed E-state index contributed by atoms with van der Waals surface area (Å²) < 4.78 is 1.68. The fourth-order valence-electron chi connectivity index (χ4n) is 1.80. The number of hydrogen-bond donors (Lipinski definition) is 1. The Hall–Kier alpha value is -1.29. The summed E-state index contributed by atoms with van der Waals surface area (Å²) in [7, 11) is 0. The number of aromatic nitrogens is 2. The molecule has 0 radical (unpaired) electrons. The second kappa shape index (κ2) is 6.24. The van der Waals surface area contributed by atoms with Gasteiger partial charge in [0.2, 0.25) is 0 Å². The van der Waals surface area contributed by atoms with Crippen molar-refractivity contribution in [1.82, 2.24) is 15.1 Å². The van der Waals surface area contributed by atoms with E-state index in [9.17, 15) is 0 Å². The Balaban J connectivity index is 2.00. The molecule has 2 rings (SSSR count). The van der Waals surface area contributed by atoms with Gasteiger partial charge in [0, 0.05) is 40.6 Å². The molecule has 0 saturated carbocycles. The predicted octanol–water partition coefficient (Wildman–Crippen LogP) is 4.14. The van der Waals surface area contributed by atoms with E-state index in [1.54, 1.807) is 16.9 Å². The standard InChI is InChI=1S/C14H15Cl2N3/c1-3-19-9-11(8-18-19)7-17-10(2)13-5-4-12(15)6-14(13)16/h3-6,8-10,17H,1,7H2,2H3. The largest absolute Gasteiger partial charge is 0.306 e. The van der Waals surface area contributed by atoms with Crippen molar-refractivity contribution in [3.8, 4) is 0 Å². The normalized spacial score (nSPS) is 12.4. The van der Waals surface area contributed by atoms with Crippen molar-refractivity contribution in [3.63, 3.8) is 0 Å². The maximum absolute atomic E-state index is 6.18. The first-order valence-electron chi connectivity index (χ1n) is 5.94. The highest BCUT2D eigenvalue weighted by Crippen LogP contribution is 2.26. The van der Waals surface area contributed by atoms with Crippen LogP contribution in [0, 0.1) is 0 Å². The molecule has 1 unspecified atom stereocenters. The Labute approximate surface area is 122 Å². The summed E-state index contributed by atoms with van der Waals surface area (Å²) >= 11 is 12.1. The first-order valence-corrected chi connectivity index (χ1v) is 6.69. The van der Waals surface area contributed by atoms with Crippen LogP contribution in [0.3, 0.4) is 0 Å². The van der Waals surface area contributed by atoms with E-state index in [0.717, 1.165) is 11.1 Å². The topological polar surface area (TPSA) is 29.9 Å². The SMILES string of the molecule is C=Cn1cc(CNC(C)c2ccc(Cl)cc2Cl)cn1. The summed E-state index contributed by atoms with van der Waals surface area (Å²) in [6, 6.07) is 5.68. The zero-order valence-electron chi connectivity index (χ0n) is 10.6. The summed E-state index contributed by atoms with van der Waals surface area (Å²) in [5.74, 6) is 0. The number of benzene rings is 1. The Morgan fingerprint density at radius 3 is 2.89 bits per heavy atom. The van der Waals surface area contributed by atoms with E-state index in [1.165, 1.54) is 0 Å². The lowest BCUT2D eigenvalue weighted by Crippen LogP contribution is -2.18. The molecule has 1 heterocycles. The van der Waals surface area contributed by atoms with Crippen LogP contribution in [-0.2, 0) is 6.54 Å². The third-order valence-electron chi connectivity index (χ3n) is 2.88. The van der Waals surface area contributed by atoms with Gasteiger partial charge in [-0.1, -0.05) is 35.8 Å². The molecule has 2 aromatic rings. The van der Waals surface area contributed by atoms with E-state index >= 15 is 0 Å². The highest BCUT2D eigenvalue weighted by atomic mass is 35.5. The fourth-order valence-corrected chi connectivity index (χ4v) is 2.37. The Morgan fingerprint density at radius 1 is 1.47 bits per heavy atom. The van der Waals surface area contributed by atoms with E-state index in [0.29, 0.717) is 16.6 Å². The average molecular weight is 296 g/mol. The van der Waals surface area contributed by atoms with Gasteiger partial charge in [-0.05, 0) is 24.6 Å². The van der Waals surface area contributed by atoms with Crippen molar-refractivity contribution in [2.75, 3.05) is 0 Å². The van der Waals surface area contributed by atoms with Gasteiger partial charge < -0.3 is 5.32 Å². The first kappa shape index (κ1) is 14.1. The lowest BCUT2D eigenvalue weighted by atomic mass is 10.1. The highest BCUT2D eigenvalue weighted by Gasteiger charge is 2.10. The number of halogens is 2. The summed E-state index contributed by atoms with van der Waals surface area (Å²) in [6.07, 6.45) is 5.39. The summed E-state index contributed by atoms with van der Waals surface area (Å²) in [5, 5.41) is 8.85. The molecule has 0 aliphatic rings. The second-order valence-electron chi connectivity index (χ2n) is 4.28. The summed E-state index contributed by atoms with van der Waals surface area (Å²) in [5.41, 5.74) is 2.12. The molecule has 0 aliphatic carbocycles. The van der Waals surface area contributed by atoms with Crippen molar-refractivity contribution in [1.29, 1.82) is 0 Å². The van der Waals surface area contributed by atoms with Crippen molar-refractivity contribution < 1.29 is 0 Å². The van der Waals surface area contributed by atoms with E-state index < -0.39 is 0 Å². The zero-order chi connectivity index (χ0) is 13.8. The van der Waals surface area contributed by atoms with Crippen LogP contribution in [0.15, 0.2) is 37.2 Å². The van der Waals surface area contributed by atoms with Gasteiger partial charge in [-0.15, -0.1) is 0 Å². The van der Waals surface area contributed by atoms with Gasteiger partial charge in [0.15, 0.2) is 0 Å². The molecule has 0 bridgehead atoms. The smallest absolute Gasteiger partial charge is 0.0538 e. The van der Waals surface area contributed by atoms with Gasteiger partial charge in [-0.25, -0.2) is 4.68 Å². The van der Waals surface area contributed by atoms with Crippen LogP contribution in [0.1, 0.15) is 24.1 Å². The number of rotatable bonds is 5. The zero-order valence-corrected chi connectivity index (χ0v) is 12.1. The first-order chi connectivity index (χ1) is 9.10. The van der Waals surface area contributed by atoms with Crippen LogP contribution >= 0.6 is 23.2 Å². The molecule has 1 N–H and O–H groups in total. The minimum Gasteiger partial charge on any atom is -0.306 e. The van der Waals surface area contributed by atoms with E-state index in [2.05, 4.69) is 23.9 Å². The molecule has 0 amide bonds. The Bertz CT molecular complexity index is 578. The molecular weight excluding hydrogens is 281 g/mol. The van der Waals surface area contributed by atoms with Gasteiger partial charge in [0.05, 0.1) is 6.20 Å². The summed E-state index contributed by atoms with van der Waals surface area (Å²) in [4.78, 5) is 0. The van der Waals surface area contributed by atoms with Gasteiger partial charge in [0.1, 0.15) is 0 Å². The highest BCUT2D eigenvalue weighted by molar-refractivity contribution is 6.35. The van der Waals surface area contributed by atoms with Crippen molar-refractivity contribution in [3.05, 3.63) is 58.3 Å². The molecule has 0 spiro atoms. The maximum Gasteiger partial charge on any atom is 0.0538 e. The molecule has 1 aromatic carbocycles. The number of nitrogens with zero attached hydrogens (tertiary/aromatic N) is 2. The van der Waals surface area contributed by atoms with Crippen LogP contribution < -0.4 is 5.32 Å². The van der Waals surface area contributed by atoms with Crippen molar-refractivity contribution in [2.24, 2.45) is 0 Å². The molecule has 0 aliphatic heterocycles. The van der Waals surface area contributed by atoms with E-state index in [1.807, 2.05) is 24.5 Å². The third-order valence-corrected chi connectivity index (χ3v) is 3.45. The summed E-state index contributed by atoms with van der Waals surface area (Å²) in [6.45, 7) is 6.44. The molecule has 3 nitrogen and oxygen atoms in total. The minimum atomic E-state index is 0.136. The van der Waals surface area contributed by atoms with Crippen LogP contribution in [0.4, 0.5) is 0 Å². The Morgan fingerprint density at radius 2 is 2.26 bits per heavy atom. The van der Waals surface area contributed by atoms with E-state index in [4.69, 9.17) is 23.2 Å². The molecule has 19 heavy (non-hydrogen) atoms. The predicted molar refractivity (Wildman–Crippen MR) is 80.3 cm³/mol. The van der Waals surface area contributed by atoms with Crippen molar-refractivity contribution >= 4 is 29.4 Å². The molecule has 0 saturated heterocycles. The second-order valence-corrected chi connectivity index (χ2v) is 5.12. The maximum atomic E-state index is 6.18. The average Bonchev–Trinajstić information content (AvgIpc) is 2.84. The molecular formula is C14H15Cl2N3. The quantitative estimate of drug-likeness (QED) is 0.898. The molecule has 1 aromatic heterocycles. The lowest BCUT2D eigenvalue weighted by molar-refractivity contribution is 0.575. The monoisotopic (exact) mass is 295 g/mol. The Kier molecular flexibility index (Phi) is 4.64. The fraction of sp³-hybridized carbons (Fsp3) is 0.214. The van der Waals surface area contributed by atoms with Crippen LogP contribution in [0.2, 0.25) is 10.0 Å². The molecule has 1 atom stereocenters. The number of nitrogens with one attached hydrogen (secondary N) is 1. The lowest BCUT2D eigenvalue weighted by Gasteiger charge is -2.15. The number of hydrogen-bond acceptors (Lipinski definition) is 2. The molecule has 5 heteroatoms. The van der Waals surface area contributed by atoms with Crippen LogP contribution in [0.25, 0.3) is 6.20 Å². The van der Waals surface area contributed by atoms with E-state index in [-0.39, 0.29) is 6.04 Å². The van der Waals surface area contributed by atoms with Gasteiger partial charge in [-0.3, -0.25) is 0 Å². The third kappa shape index (κ3) is 3.60.